The molecule has 250 valence electrons. The highest BCUT2D eigenvalue weighted by molar-refractivity contribution is 6.37. The second kappa shape index (κ2) is 20.2. The quantitative estimate of drug-likeness (QED) is 0.0999. The van der Waals surface area contributed by atoms with Gasteiger partial charge in [-0.15, -0.1) is 0 Å². The topological polar surface area (TPSA) is 130 Å². The van der Waals surface area contributed by atoms with Crippen LogP contribution in [0.4, 0.5) is 5.82 Å². The minimum atomic E-state index is -1.11. The van der Waals surface area contributed by atoms with E-state index in [0.717, 1.165) is 37.1 Å². The molecular formula is C34H50Cl2N4O5. The predicted octanol–water partition coefficient (Wildman–Crippen LogP) is 7.88. The van der Waals surface area contributed by atoms with Gasteiger partial charge in [0.15, 0.2) is 5.75 Å². The molecule has 0 bridgehead atoms. The highest BCUT2D eigenvalue weighted by atomic mass is 35.5. The number of aromatic nitrogens is 1. The monoisotopic (exact) mass is 664 g/mol. The lowest BCUT2D eigenvalue weighted by atomic mass is 9.89. The van der Waals surface area contributed by atoms with Gasteiger partial charge in [0.25, 0.3) is 0 Å². The van der Waals surface area contributed by atoms with Crippen LogP contribution >= 0.6 is 23.2 Å². The number of carbonyl (C=O) groups excluding carboxylic acids is 2. The fourth-order valence-electron chi connectivity index (χ4n) is 4.76. The van der Waals surface area contributed by atoms with Crippen LogP contribution in [0.2, 0.25) is 10.0 Å². The van der Waals surface area contributed by atoms with Crippen LogP contribution in [0.1, 0.15) is 109 Å². The first-order valence-electron chi connectivity index (χ1n) is 15.9. The Balaban J connectivity index is 1.75. The molecule has 0 aliphatic rings. The molecule has 1 aromatic heterocycles. The number of aryl methyl sites for hydroxylation is 1. The fourth-order valence-corrected chi connectivity index (χ4v) is 5.37. The number of nitrogens with zero attached hydrogens (tertiary/aromatic N) is 1. The van der Waals surface area contributed by atoms with Crippen LogP contribution in [0, 0.1) is 12.3 Å². The summed E-state index contributed by atoms with van der Waals surface area (Å²) >= 11 is 12.9. The van der Waals surface area contributed by atoms with Gasteiger partial charge in [-0.05, 0) is 73.4 Å². The molecule has 1 aromatic carbocycles. The Kier molecular flexibility index (Phi) is 17.1. The fraction of sp³-hybridized carbons (Fsp3) is 0.588. The van der Waals surface area contributed by atoms with E-state index in [1.165, 1.54) is 25.7 Å². The van der Waals surface area contributed by atoms with Gasteiger partial charge >= 0.3 is 5.97 Å². The Morgan fingerprint density at radius 2 is 1.60 bits per heavy atom. The number of ether oxygens (including phenoxy) is 1. The number of nitrogens with one attached hydrogen (secondary N) is 3. The van der Waals surface area contributed by atoms with Crippen molar-refractivity contribution in [2.75, 3.05) is 25.0 Å². The van der Waals surface area contributed by atoms with Gasteiger partial charge in [0, 0.05) is 19.2 Å². The number of hydrogen-bond acceptors (Lipinski definition) is 6. The van der Waals surface area contributed by atoms with E-state index < -0.39 is 17.9 Å². The van der Waals surface area contributed by atoms with Gasteiger partial charge in [-0.25, -0.2) is 4.98 Å². The van der Waals surface area contributed by atoms with E-state index in [0.29, 0.717) is 36.3 Å². The number of halogens is 2. The number of carbonyl (C=O) groups is 3. The van der Waals surface area contributed by atoms with E-state index in [4.69, 9.17) is 27.9 Å². The van der Waals surface area contributed by atoms with Crippen LogP contribution in [0.5, 0.6) is 5.75 Å². The number of benzene rings is 1. The third kappa shape index (κ3) is 16.7. The average molecular weight is 666 g/mol. The van der Waals surface area contributed by atoms with Crippen LogP contribution in [0.15, 0.2) is 30.5 Å². The summed E-state index contributed by atoms with van der Waals surface area (Å²) in [4.78, 5) is 40.6. The molecule has 4 N–H and O–H groups in total. The van der Waals surface area contributed by atoms with Gasteiger partial charge < -0.3 is 25.8 Å². The van der Waals surface area contributed by atoms with Crippen molar-refractivity contribution in [3.63, 3.8) is 0 Å². The SMILES string of the molecule is Cc1ccnc(NCCCCC(=O)NCC(=O)NC(CC(=O)O)c2cc(Cl)c(OCCCCCCCCC(C)(C)C)c(Cl)c2)c1. The van der Waals surface area contributed by atoms with Crippen LogP contribution in [-0.2, 0) is 14.4 Å². The maximum Gasteiger partial charge on any atom is 0.305 e. The Bertz CT molecular complexity index is 1210. The van der Waals surface area contributed by atoms with Gasteiger partial charge in [0.1, 0.15) is 5.82 Å². The molecule has 9 nitrogen and oxygen atoms in total. The van der Waals surface area contributed by atoms with Gasteiger partial charge in [-0.3, -0.25) is 14.4 Å². The molecule has 2 amide bonds. The third-order valence-corrected chi connectivity index (χ3v) is 7.76. The molecular weight excluding hydrogens is 615 g/mol. The summed E-state index contributed by atoms with van der Waals surface area (Å²) in [5, 5.41) is 18.4. The largest absolute Gasteiger partial charge is 0.490 e. The molecule has 1 atom stereocenters. The number of aliphatic carboxylic acids is 1. The normalized spacial score (nSPS) is 12.0. The smallest absolute Gasteiger partial charge is 0.305 e. The van der Waals surface area contributed by atoms with Crippen molar-refractivity contribution >= 4 is 46.8 Å². The van der Waals surface area contributed by atoms with Crippen LogP contribution in [-0.4, -0.2) is 47.6 Å². The van der Waals surface area contributed by atoms with E-state index in [1.807, 2.05) is 19.1 Å². The molecule has 0 aliphatic heterocycles. The molecule has 0 saturated heterocycles. The average Bonchev–Trinajstić information content (AvgIpc) is 2.95. The number of rotatable bonds is 21. The van der Waals surface area contributed by atoms with Crippen molar-refractivity contribution in [1.29, 1.82) is 0 Å². The van der Waals surface area contributed by atoms with Crippen LogP contribution in [0.25, 0.3) is 0 Å². The van der Waals surface area contributed by atoms with E-state index in [1.54, 1.807) is 18.3 Å². The molecule has 1 heterocycles. The Hall–Kier alpha value is -3.04. The zero-order valence-electron chi connectivity index (χ0n) is 27.1. The van der Waals surface area contributed by atoms with E-state index >= 15 is 0 Å². The van der Waals surface area contributed by atoms with Crippen molar-refractivity contribution < 1.29 is 24.2 Å². The van der Waals surface area contributed by atoms with Crippen molar-refractivity contribution in [3.05, 3.63) is 51.6 Å². The van der Waals surface area contributed by atoms with E-state index in [-0.39, 0.29) is 35.3 Å². The second-order valence-corrected chi connectivity index (χ2v) is 13.5. The zero-order chi connectivity index (χ0) is 33.2. The maximum atomic E-state index is 12.6. The Morgan fingerprint density at radius 3 is 2.24 bits per heavy atom. The number of carboxylic acids is 1. The molecule has 1 unspecified atom stereocenters. The highest BCUT2D eigenvalue weighted by Crippen LogP contribution is 2.36. The summed E-state index contributed by atoms with van der Waals surface area (Å²) in [7, 11) is 0. The molecule has 2 rings (SSSR count). The molecule has 0 saturated carbocycles. The molecule has 0 spiro atoms. The number of unbranched alkanes of at least 4 members (excludes halogenated alkanes) is 6. The number of carboxylic acid groups (broad SMARTS) is 1. The van der Waals surface area contributed by atoms with Gasteiger partial charge in [0.2, 0.25) is 11.8 Å². The number of hydrogen-bond donors (Lipinski definition) is 4. The maximum absolute atomic E-state index is 12.6. The number of pyridine rings is 1. The summed E-state index contributed by atoms with van der Waals surface area (Å²) in [5.74, 6) is -0.760. The lowest BCUT2D eigenvalue weighted by molar-refractivity contribution is -0.138. The molecule has 0 fully saturated rings. The first kappa shape index (κ1) is 38.1. The van der Waals surface area contributed by atoms with Crippen LogP contribution in [0.3, 0.4) is 0 Å². The number of amides is 2. The summed E-state index contributed by atoms with van der Waals surface area (Å²) in [6.45, 7) is 9.67. The minimum absolute atomic E-state index is 0.241. The van der Waals surface area contributed by atoms with Crippen LogP contribution < -0.4 is 20.7 Å². The third-order valence-electron chi connectivity index (χ3n) is 7.20. The summed E-state index contributed by atoms with van der Waals surface area (Å²) in [6.07, 6.45) is 11.0. The lowest BCUT2D eigenvalue weighted by Gasteiger charge is -2.20. The van der Waals surface area contributed by atoms with Gasteiger partial charge in [-0.1, -0.05) is 76.1 Å². The molecule has 0 radical (unpaired) electrons. The summed E-state index contributed by atoms with van der Waals surface area (Å²) in [5.41, 5.74) is 1.94. The predicted molar refractivity (Wildman–Crippen MR) is 181 cm³/mol. The lowest BCUT2D eigenvalue weighted by Crippen LogP contribution is -2.39. The van der Waals surface area contributed by atoms with E-state index in [2.05, 4.69) is 41.7 Å². The second-order valence-electron chi connectivity index (χ2n) is 12.7. The summed E-state index contributed by atoms with van der Waals surface area (Å²) in [6, 6.07) is 6.10. The standard InChI is InChI=1S/C34H50Cl2N4O5/c1-24-14-17-38-29(19-24)37-16-11-9-13-30(41)39-23-31(42)40-28(22-32(43)44)25-20-26(35)33(27(36)21-25)45-18-12-8-6-5-7-10-15-34(2,3)4/h14,17,19-21,28H,5-13,15-16,18,22-23H2,1-4H3,(H,37,38)(H,39,41)(H,40,42)(H,43,44). The van der Waals surface area contributed by atoms with E-state index in [9.17, 15) is 19.5 Å². The van der Waals surface area contributed by atoms with Gasteiger partial charge in [0.05, 0.1) is 35.7 Å². The first-order valence-corrected chi connectivity index (χ1v) is 16.7. The Labute approximate surface area is 278 Å². The van der Waals surface area contributed by atoms with Gasteiger partial charge in [-0.2, -0.15) is 0 Å². The Morgan fingerprint density at radius 1 is 0.933 bits per heavy atom. The molecule has 0 aliphatic carbocycles. The van der Waals surface area contributed by atoms with Crippen molar-refractivity contribution in [2.24, 2.45) is 5.41 Å². The molecule has 2 aromatic rings. The summed E-state index contributed by atoms with van der Waals surface area (Å²) < 4.78 is 5.85. The first-order chi connectivity index (χ1) is 21.3. The molecule has 45 heavy (non-hydrogen) atoms. The van der Waals surface area contributed by atoms with Crippen molar-refractivity contribution in [2.45, 2.75) is 104 Å². The van der Waals surface area contributed by atoms with Crippen molar-refractivity contribution in [3.8, 4) is 5.75 Å². The number of anilines is 1. The highest BCUT2D eigenvalue weighted by Gasteiger charge is 2.21. The molecule has 11 heteroatoms. The zero-order valence-corrected chi connectivity index (χ0v) is 28.7. The minimum Gasteiger partial charge on any atom is -0.490 e. The van der Waals surface area contributed by atoms with Crippen molar-refractivity contribution in [1.82, 2.24) is 15.6 Å².